The first-order valence-corrected chi connectivity index (χ1v) is 24.3. The summed E-state index contributed by atoms with van der Waals surface area (Å²) in [6, 6.07) is 38.9. The lowest BCUT2D eigenvalue weighted by atomic mass is 10.00. The van der Waals surface area contributed by atoms with Crippen molar-refractivity contribution in [1.82, 2.24) is 68.9 Å². The molecule has 0 aliphatic rings. The van der Waals surface area contributed by atoms with Gasteiger partial charge in [-0.05, 0) is 153 Å². The van der Waals surface area contributed by atoms with Crippen LogP contribution < -0.4 is 0 Å². The lowest BCUT2D eigenvalue weighted by molar-refractivity contribution is 0.888. The van der Waals surface area contributed by atoms with E-state index in [4.69, 9.17) is 44.9 Å². The first kappa shape index (κ1) is 45.1. The minimum atomic E-state index is 0.453. The van der Waals surface area contributed by atoms with Crippen LogP contribution >= 0.6 is 0 Å². The zero-order valence-corrected chi connectivity index (χ0v) is 42.4. The van der Waals surface area contributed by atoms with Gasteiger partial charge in [0.1, 0.15) is 46.6 Å². The molecule has 73 heavy (non-hydrogen) atoms. The number of rotatable bonds is 8. The number of aromatic nitrogens is 14. The largest absolute Gasteiger partial charge is 0.309 e. The van der Waals surface area contributed by atoms with Crippen LogP contribution in [0.4, 0.5) is 0 Å². The van der Waals surface area contributed by atoms with Crippen LogP contribution in [0.15, 0.2) is 109 Å². The van der Waals surface area contributed by atoms with Gasteiger partial charge < -0.3 is 9.13 Å². The maximum atomic E-state index is 5.26. The fourth-order valence-electron chi connectivity index (χ4n) is 10.5. The highest BCUT2D eigenvalue weighted by molar-refractivity contribution is 6.12. The quantitative estimate of drug-likeness (QED) is 0.142. The highest BCUT2D eigenvalue weighted by Crippen LogP contribution is 2.41. The Kier molecular flexibility index (Phi) is 10.7. The minimum absolute atomic E-state index is 0.453. The predicted molar refractivity (Wildman–Crippen MR) is 287 cm³/mol. The molecule has 0 aliphatic heterocycles. The molecule has 6 aromatic carbocycles. The molecule has 0 aliphatic carbocycles. The van der Waals surface area contributed by atoms with Gasteiger partial charge in [-0.15, -0.1) is 0 Å². The highest BCUT2D eigenvalue weighted by atomic mass is 15.1. The summed E-state index contributed by atoms with van der Waals surface area (Å²) in [7, 11) is 0. The standard InChI is InChI=1S/C59H50N14/c1-30-16-20-49-45(24-30)43-13-11-12-14-48(43)72(49)50-21-18-41(28-46(50)58-67-35(6)61-36(7)68-58)57-66-39(10)63-54(71-57)29-42-23-32(3)26-53-55(42)44-19-15-31(2)25-52(44)73(53)51-22-17-40(56-64-33(4)60-34(5)65-56)27-47(51)59-69-37(8)62-38(9)70-59/h11-28H,29H2,1-10H3. The van der Waals surface area contributed by atoms with Crippen LogP contribution in [0.25, 0.3) is 101 Å². The van der Waals surface area contributed by atoms with Crippen molar-refractivity contribution in [2.75, 3.05) is 0 Å². The van der Waals surface area contributed by atoms with Crippen molar-refractivity contribution in [3.8, 4) is 56.9 Å². The van der Waals surface area contributed by atoms with E-state index in [1.54, 1.807) is 0 Å². The Morgan fingerprint density at radius 1 is 0.329 bits per heavy atom. The first-order valence-electron chi connectivity index (χ1n) is 24.3. The second kappa shape index (κ2) is 17.4. The molecule has 0 bridgehead atoms. The van der Waals surface area contributed by atoms with Gasteiger partial charge in [0.05, 0.1) is 33.4 Å². The van der Waals surface area contributed by atoms with Gasteiger partial charge in [-0.3, -0.25) is 0 Å². The van der Waals surface area contributed by atoms with Crippen molar-refractivity contribution in [3.63, 3.8) is 0 Å². The third-order valence-corrected chi connectivity index (χ3v) is 13.3. The van der Waals surface area contributed by atoms with Crippen molar-refractivity contribution >= 4 is 43.6 Å². The maximum absolute atomic E-state index is 5.26. The van der Waals surface area contributed by atoms with Gasteiger partial charge in [-0.2, -0.15) is 0 Å². The van der Waals surface area contributed by atoms with Crippen molar-refractivity contribution in [3.05, 3.63) is 178 Å². The molecule has 0 saturated heterocycles. The van der Waals surface area contributed by atoms with Gasteiger partial charge in [-0.25, -0.2) is 59.8 Å². The summed E-state index contributed by atoms with van der Waals surface area (Å²) in [5.74, 6) is 7.43. The molecule has 356 valence electrons. The SMILES string of the molecule is Cc1ccc2c(c1)c1ccccc1n2-c1ccc(-c2nc(C)nc(Cc3cc(C)cc4c3c3ccc(C)cc3n4-c3ccc(-c4nc(C)nc(C)n4)cc3-c3nc(C)nc(C)n3)n2)cc1-c1nc(C)nc(C)n1. The molecular weight excluding hydrogens is 905 g/mol. The smallest absolute Gasteiger partial charge is 0.165 e. The lowest BCUT2D eigenvalue weighted by Crippen LogP contribution is -2.06. The molecule has 0 saturated carbocycles. The van der Waals surface area contributed by atoms with Gasteiger partial charge in [-0.1, -0.05) is 48.0 Å². The number of benzene rings is 6. The Labute approximate surface area is 421 Å². The van der Waals surface area contributed by atoms with Crippen molar-refractivity contribution in [1.29, 1.82) is 0 Å². The molecule has 14 nitrogen and oxygen atoms in total. The molecule has 0 amide bonds. The molecule has 0 radical (unpaired) electrons. The molecule has 6 heterocycles. The second-order valence-corrected chi connectivity index (χ2v) is 19.1. The van der Waals surface area contributed by atoms with Gasteiger partial charge in [0.2, 0.25) is 0 Å². The highest BCUT2D eigenvalue weighted by Gasteiger charge is 2.24. The summed E-state index contributed by atoms with van der Waals surface area (Å²) >= 11 is 0. The number of fused-ring (bicyclic) bond motifs is 6. The van der Waals surface area contributed by atoms with E-state index < -0.39 is 0 Å². The average Bonchev–Trinajstić information content (AvgIpc) is 3.84. The van der Waals surface area contributed by atoms with Crippen molar-refractivity contribution < 1.29 is 0 Å². The fourth-order valence-corrected chi connectivity index (χ4v) is 10.5. The Balaban J connectivity index is 1.02. The van der Waals surface area contributed by atoms with Crippen molar-refractivity contribution in [2.24, 2.45) is 0 Å². The molecule has 0 spiro atoms. The van der Waals surface area contributed by atoms with Crippen LogP contribution in [-0.4, -0.2) is 68.9 Å². The van der Waals surface area contributed by atoms with E-state index in [0.717, 1.165) is 83.2 Å². The van der Waals surface area contributed by atoms with Gasteiger partial charge >= 0.3 is 0 Å². The molecule has 12 rings (SSSR count). The number of hydrogen-bond donors (Lipinski definition) is 0. The zero-order chi connectivity index (χ0) is 50.4. The third-order valence-electron chi connectivity index (χ3n) is 13.3. The minimum Gasteiger partial charge on any atom is -0.309 e. The number of nitrogens with zero attached hydrogens (tertiary/aromatic N) is 14. The van der Waals surface area contributed by atoms with Crippen LogP contribution in [0.3, 0.4) is 0 Å². The Bertz CT molecular complexity index is 4200. The van der Waals surface area contributed by atoms with Crippen LogP contribution in [-0.2, 0) is 6.42 Å². The van der Waals surface area contributed by atoms with E-state index in [0.29, 0.717) is 76.3 Å². The number of para-hydroxylation sites is 1. The lowest BCUT2D eigenvalue weighted by Gasteiger charge is -2.16. The van der Waals surface area contributed by atoms with E-state index in [9.17, 15) is 0 Å². The molecular formula is C59H50N14. The Hall–Kier alpha value is -9.04. The number of hydrogen-bond acceptors (Lipinski definition) is 12. The maximum Gasteiger partial charge on any atom is 0.165 e. The summed E-state index contributed by atoms with van der Waals surface area (Å²) in [5.41, 5.74) is 14.0. The van der Waals surface area contributed by atoms with Gasteiger partial charge in [0.25, 0.3) is 0 Å². The van der Waals surface area contributed by atoms with E-state index in [1.165, 1.54) is 16.3 Å². The van der Waals surface area contributed by atoms with Crippen LogP contribution in [0.5, 0.6) is 0 Å². The summed E-state index contributed by atoms with van der Waals surface area (Å²) in [5, 5.41) is 4.57. The Morgan fingerprint density at radius 3 is 1.41 bits per heavy atom. The summed E-state index contributed by atoms with van der Waals surface area (Å²) in [4.78, 5) is 57.8. The zero-order valence-electron chi connectivity index (χ0n) is 42.4. The fraction of sp³-hybridized carbons (Fsp3) is 0.186. The van der Waals surface area contributed by atoms with E-state index in [-0.39, 0.29) is 0 Å². The average molecular weight is 955 g/mol. The Morgan fingerprint density at radius 2 is 0.808 bits per heavy atom. The summed E-state index contributed by atoms with van der Waals surface area (Å²) in [6.07, 6.45) is 0.453. The summed E-state index contributed by atoms with van der Waals surface area (Å²) < 4.78 is 4.64. The normalized spacial score (nSPS) is 11.8. The number of aryl methyl sites for hydroxylation is 10. The van der Waals surface area contributed by atoms with Gasteiger partial charge in [0, 0.05) is 50.2 Å². The van der Waals surface area contributed by atoms with Crippen LogP contribution in [0.1, 0.15) is 68.8 Å². The van der Waals surface area contributed by atoms with Crippen LogP contribution in [0, 0.1) is 69.2 Å². The van der Waals surface area contributed by atoms with E-state index in [1.807, 2.05) is 48.5 Å². The topological polar surface area (TPSA) is 165 Å². The molecule has 14 heteroatoms. The predicted octanol–water partition coefficient (Wildman–Crippen LogP) is 12.0. The molecule has 0 atom stereocenters. The van der Waals surface area contributed by atoms with E-state index in [2.05, 4.69) is 154 Å². The molecule has 6 aromatic heterocycles. The molecule has 0 unspecified atom stereocenters. The molecule has 0 N–H and O–H groups in total. The molecule has 12 aromatic rings. The van der Waals surface area contributed by atoms with E-state index >= 15 is 0 Å². The summed E-state index contributed by atoms with van der Waals surface area (Å²) in [6.45, 7) is 19.7. The van der Waals surface area contributed by atoms with Gasteiger partial charge in [0.15, 0.2) is 23.3 Å². The monoisotopic (exact) mass is 954 g/mol. The first-order chi connectivity index (χ1) is 35.2. The molecule has 0 fully saturated rings. The van der Waals surface area contributed by atoms with Crippen LogP contribution in [0.2, 0.25) is 0 Å². The second-order valence-electron chi connectivity index (χ2n) is 19.1. The van der Waals surface area contributed by atoms with Crippen molar-refractivity contribution in [2.45, 2.75) is 75.7 Å². The third kappa shape index (κ3) is 8.10.